The maximum Gasteiger partial charge on any atom is 0.222 e. The summed E-state index contributed by atoms with van der Waals surface area (Å²) in [6.07, 6.45) is 5.55. The Kier molecular flexibility index (Phi) is 5.83. The van der Waals surface area contributed by atoms with Crippen LogP contribution in [-0.4, -0.2) is 48.0 Å². The molecule has 1 unspecified atom stereocenters. The highest BCUT2D eigenvalue weighted by atomic mass is 32.2. The van der Waals surface area contributed by atoms with Crippen LogP contribution >= 0.6 is 11.8 Å². The van der Waals surface area contributed by atoms with Crippen LogP contribution in [0.2, 0.25) is 0 Å². The van der Waals surface area contributed by atoms with Gasteiger partial charge in [-0.15, -0.1) is 0 Å². The molecule has 4 heteroatoms. The topological polar surface area (TPSA) is 32.3 Å². The fourth-order valence-corrected chi connectivity index (χ4v) is 4.03. The van der Waals surface area contributed by atoms with Crippen molar-refractivity contribution in [3.05, 3.63) is 0 Å². The predicted molar refractivity (Wildman–Crippen MR) is 77.9 cm³/mol. The summed E-state index contributed by atoms with van der Waals surface area (Å²) in [5.74, 6) is 2.29. The summed E-state index contributed by atoms with van der Waals surface area (Å²) in [4.78, 5) is 14.3. The van der Waals surface area contributed by atoms with Crippen LogP contribution in [0, 0.1) is 5.92 Å². The number of rotatable bonds is 4. The largest absolute Gasteiger partial charge is 0.341 e. The molecule has 0 aromatic carbocycles. The third-order valence-corrected chi connectivity index (χ3v) is 5.54. The molecule has 0 aromatic heterocycles. The fourth-order valence-electron chi connectivity index (χ4n) is 2.85. The van der Waals surface area contributed by atoms with E-state index in [9.17, 15) is 4.79 Å². The summed E-state index contributed by atoms with van der Waals surface area (Å²) >= 11 is 2.03. The molecule has 2 heterocycles. The molecule has 2 fully saturated rings. The van der Waals surface area contributed by atoms with Gasteiger partial charge in [0.1, 0.15) is 0 Å². The zero-order valence-corrected chi connectivity index (χ0v) is 12.3. The number of carbonyl (C=O) groups is 1. The first-order valence-corrected chi connectivity index (χ1v) is 8.44. The molecular formula is C14H26N2OS. The molecule has 0 aliphatic carbocycles. The fraction of sp³-hybridized carbons (Fsp3) is 0.929. The van der Waals surface area contributed by atoms with E-state index in [0.717, 1.165) is 50.7 Å². The van der Waals surface area contributed by atoms with Crippen molar-refractivity contribution in [3.63, 3.8) is 0 Å². The third-order valence-electron chi connectivity index (χ3n) is 4.17. The van der Waals surface area contributed by atoms with E-state index in [1.807, 2.05) is 11.8 Å². The Morgan fingerprint density at radius 3 is 2.89 bits per heavy atom. The average molecular weight is 270 g/mol. The van der Waals surface area contributed by atoms with Gasteiger partial charge in [-0.1, -0.05) is 6.92 Å². The zero-order valence-electron chi connectivity index (χ0n) is 11.5. The van der Waals surface area contributed by atoms with Crippen LogP contribution in [0.1, 0.15) is 39.0 Å². The monoisotopic (exact) mass is 270 g/mol. The number of nitrogens with one attached hydrogen (secondary N) is 1. The average Bonchev–Trinajstić information content (AvgIpc) is 2.46. The van der Waals surface area contributed by atoms with Crippen molar-refractivity contribution in [1.29, 1.82) is 0 Å². The Balaban J connectivity index is 1.70. The van der Waals surface area contributed by atoms with E-state index in [-0.39, 0.29) is 0 Å². The van der Waals surface area contributed by atoms with Gasteiger partial charge in [0.2, 0.25) is 5.91 Å². The molecule has 0 spiro atoms. The molecule has 2 aliphatic heterocycles. The summed E-state index contributed by atoms with van der Waals surface area (Å²) in [5, 5.41) is 4.05. The van der Waals surface area contributed by atoms with Gasteiger partial charge >= 0.3 is 0 Å². The summed E-state index contributed by atoms with van der Waals surface area (Å²) < 4.78 is 0. The second kappa shape index (κ2) is 7.39. The number of nitrogens with zero attached hydrogens (tertiary/aromatic N) is 1. The molecule has 3 nitrogen and oxygen atoms in total. The zero-order chi connectivity index (χ0) is 12.8. The molecule has 0 radical (unpaired) electrons. The van der Waals surface area contributed by atoms with E-state index >= 15 is 0 Å². The molecule has 2 saturated heterocycles. The van der Waals surface area contributed by atoms with E-state index in [4.69, 9.17) is 0 Å². The van der Waals surface area contributed by atoms with Crippen molar-refractivity contribution in [2.75, 3.05) is 31.9 Å². The molecule has 18 heavy (non-hydrogen) atoms. The van der Waals surface area contributed by atoms with Gasteiger partial charge in [-0.05, 0) is 44.7 Å². The quantitative estimate of drug-likeness (QED) is 0.849. The van der Waals surface area contributed by atoms with Crippen LogP contribution in [0.3, 0.4) is 0 Å². The minimum absolute atomic E-state index is 0.396. The molecule has 0 aromatic rings. The van der Waals surface area contributed by atoms with Crippen molar-refractivity contribution < 1.29 is 4.79 Å². The van der Waals surface area contributed by atoms with E-state index < -0.39 is 0 Å². The van der Waals surface area contributed by atoms with E-state index in [2.05, 4.69) is 17.1 Å². The lowest BCUT2D eigenvalue weighted by molar-refractivity contribution is -0.131. The summed E-state index contributed by atoms with van der Waals surface area (Å²) in [7, 11) is 0. The Morgan fingerprint density at radius 1 is 1.39 bits per heavy atom. The van der Waals surface area contributed by atoms with Gasteiger partial charge in [-0.2, -0.15) is 11.8 Å². The molecule has 1 amide bonds. The Bertz CT molecular complexity index is 267. The molecule has 1 atom stereocenters. The number of carbonyl (C=O) groups excluding carboxylic acids is 1. The summed E-state index contributed by atoms with van der Waals surface area (Å²) in [6.45, 7) is 6.44. The molecule has 0 bridgehead atoms. The van der Waals surface area contributed by atoms with Gasteiger partial charge < -0.3 is 10.2 Å². The van der Waals surface area contributed by atoms with Crippen LogP contribution in [0.4, 0.5) is 0 Å². The summed E-state index contributed by atoms with van der Waals surface area (Å²) in [6, 6.07) is 0. The molecule has 104 valence electrons. The second-order valence-electron chi connectivity index (χ2n) is 5.47. The minimum atomic E-state index is 0.396. The number of piperidine rings is 1. The Labute approximate surface area is 115 Å². The van der Waals surface area contributed by atoms with Gasteiger partial charge in [0, 0.05) is 30.5 Å². The highest BCUT2D eigenvalue weighted by Gasteiger charge is 2.23. The van der Waals surface area contributed by atoms with Crippen LogP contribution < -0.4 is 5.32 Å². The van der Waals surface area contributed by atoms with Crippen LogP contribution in [0.25, 0.3) is 0 Å². The summed E-state index contributed by atoms with van der Waals surface area (Å²) in [5.41, 5.74) is 0. The standard InChI is InChI=1S/C14H26N2OS/c1-2-13-11-16(9-10-18-13)14(17)4-3-12-5-7-15-8-6-12/h12-13,15H,2-11H2,1H3. The lowest BCUT2D eigenvalue weighted by atomic mass is 9.93. The van der Waals surface area contributed by atoms with E-state index in [1.165, 1.54) is 19.3 Å². The minimum Gasteiger partial charge on any atom is -0.341 e. The van der Waals surface area contributed by atoms with Crippen molar-refractivity contribution in [3.8, 4) is 0 Å². The smallest absolute Gasteiger partial charge is 0.222 e. The molecule has 0 saturated carbocycles. The predicted octanol–water partition coefficient (Wildman–Crippen LogP) is 2.12. The molecule has 2 aliphatic rings. The first kappa shape index (κ1) is 14.2. The highest BCUT2D eigenvalue weighted by molar-refractivity contribution is 8.00. The number of hydrogen-bond acceptors (Lipinski definition) is 3. The van der Waals surface area contributed by atoms with Gasteiger partial charge in [-0.25, -0.2) is 0 Å². The second-order valence-corrected chi connectivity index (χ2v) is 6.88. The highest BCUT2D eigenvalue weighted by Crippen LogP contribution is 2.23. The number of thioether (sulfide) groups is 1. The first-order chi connectivity index (χ1) is 8.79. The molecule has 1 N–H and O–H groups in total. The van der Waals surface area contributed by atoms with Gasteiger partial charge in [0.15, 0.2) is 0 Å². The first-order valence-electron chi connectivity index (χ1n) is 7.39. The van der Waals surface area contributed by atoms with Gasteiger partial charge in [-0.3, -0.25) is 4.79 Å². The van der Waals surface area contributed by atoms with E-state index in [0.29, 0.717) is 11.2 Å². The van der Waals surface area contributed by atoms with Gasteiger partial charge in [0.25, 0.3) is 0 Å². The maximum atomic E-state index is 12.2. The van der Waals surface area contributed by atoms with Crippen molar-refractivity contribution in [2.24, 2.45) is 5.92 Å². The number of hydrogen-bond donors (Lipinski definition) is 1. The lowest BCUT2D eigenvalue weighted by Gasteiger charge is -2.32. The van der Waals surface area contributed by atoms with Crippen molar-refractivity contribution in [1.82, 2.24) is 10.2 Å². The van der Waals surface area contributed by atoms with E-state index in [1.54, 1.807) is 0 Å². The Morgan fingerprint density at radius 2 is 2.17 bits per heavy atom. The number of amides is 1. The third kappa shape index (κ3) is 4.16. The van der Waals surface area contributed by atoms with Crippen LogP contribution in [0.5, 0.6) is 0 Å². The molecule has 2 rings (SSSR count). The maximum absolute atomic E-state index is 12.2. The SMILES string of the molecule is CCC1CN(C(=O)CCC2CCNCC2)CCS1. The molecular weight excluding hydrogens is 244 g/mol. The van der Waals surface area contributed by atoms with Gasteiger partial charge in [0.05, 0.1) is 0 Å². The van der Waals surface area contributed by atoms with Crippen molar-refractivity contribution in [2.45, 2.75) is 44.3 Å². The van der Waals surface area contributed by atoms with Crippen LogP contribution in [0.15, 0.2) is 0 Å². The van der Waals surface area contributed by atoms with Crippen molar-refractivity contribution >= 4 is 17.7 Å². The normalized spacial score (nSPS) is 26.3. The lowest BCUT2D eigenvalue weighted by Crippen LogP contribution is -2.42. The Hall–Kier alpha value is -0.220. The van der Waals surface area contributed by atoms with Crippen LogP contribution in [-0.2, 0) is 4.79 Å².